The van der Waals surface area contributed by atoms with E-state index in [2.05, 4.69) is 36.2 Å². The fourth-order valence-corrected chi connectivity index (χ4v) is 3.46. The number of benzene rings is 2. The Kier molecular flexibility index (Phi) is 6.25. The molecule has 0 atom stereocenters. The van der Waals surface area contributed by atoms with Gasteiger partial charge in [0.05, 0.1) is 0 Å². The number of carbonyl (C=O) groups is 1. The summed E-state index contributed by atoms with van der Waals surface area (Å²) in [4.78, 5) is 25.5. The van der Waals surface area contributed by atoms with Crippen LogP contribution in [0.15, 0.2) is 72.9 Å². The van der Waals surface area contributed by atoms with Gasteiger partial charge in [0.1, 0.15) is 36.5 Å². The number of hydrogen-bond acceptors (Lipinski definition) is 8. The number of aryl methyl sites for hydroxylation is 1. The van der Waals surface area contributed by atoms with Gasteiger partial charge < -0.3 is 30.7 Å². The summed E-state index contributed by atoms with van der Waals surface area (Å²) in [7, 11) is 0. The van der Waals surface area contributed by atoms with E-state index in [1.54, 1.807) is 42.6 Å². The summed E-state index contributed by atoms with van der Waals surface area (Å²) in [6.07, 6.45) is 1.71. The third-order valence-corrected chi connectivity index (χ3v) is 4.97. The number of hydrogen-bond donors (Lipinski definition) is 4. The largest absolute Gasteiger partial charge is 0.486 e. The van der Waals surface area contributed by atoms with Crippen LogP contribution in [0.3, 0.4) is 0 Å². The maximum Gasteiger partial charge on any atom is 0.323 e. The molecule has 2 aromatic carbocycles. The van der Waals surface area contributed by atoms with E-state index in [0.29, 0.717) is 59.4 Å². The summed E-state index contributed by atoms with van der Waals surface area (Å²) in [6.45, 7) is 2.83. The predicted octanol–water partition coefficient (Wildman–Crippen LogP) is 5.08. The molecule has 10 heteroatoms. The van der Waals surface area contributed by atoms with Gasteiger partial charge in [0.25, 0.3) is 0 Å². The van der Waals surface area contributed by atoms with Crippen molar-refractivity contribution in [3.05, 3.63) is 78.8 Å². The van der Waals surface area contributed by atoms with Gasteiger partial charge in [0.15, 0.2) is 11.5 Å². The zero-order valence-electron chi connectivity index (χ0n) is 18.9. The Hall–Kier alpha value is -4.86. The van der Waals surface area contributed by atoms with Gasteiger partial charge in [-0.2, -0.15) is 0 Å². The van der Waals surface area contributed by atoms with Crippen molar-refractivity contribution in [3.63, 3.8) is 0 Å². The quantitative estimate of drug-likeness (QED) is 0.308. The molecule has 0 fully saturated rings. The van der Waals surface area contributed by atoms with Crippen LogP contribution < -0.4 is 30.7 Å². The van der Waals surface area contributed by atoms with Gasteiger partial charge in [-0.1, -0.05) is 6.07 Å². The van der Waals surface area contributed by atoms with Crippen molar-refractivity contribution in [2.75, 3.05) is 34.5 Å². The third kappa shape index (κ3) is 5.74. The average Bonchev–Trinajstić information content (AvgIpc) is 2.85. The highest BCUT2D eigenvalue weighted by atomic mass is 16.6. The number of rotatable bonds is 6. The molecule has 0 bridgehead atoms. The van der Waals surface area contributed by atoms with Crippen molar-refractivity contribution in [1.82, 2.24) is 15.0 Å². The third-order valence-electron chi connectivity index (χ3n) is 4.97. The molecule has 0 unspecified atom stereocenters. The SMILES string of the molecule is Cc1nc(Nc2ccc(NC(=O)Nc3ccc4c(c3)OCCO4)cc2)cc(Nc2ccccn2)n1. The number of nitrogens with zero attached hydrogens (tertiary/aromatic N) is 3. The van der Waals surface area contributed by atoms with Crippen molar-refractivity contribution < 1.29 is 14.3 Å². The van der Waals surface area contributed by atoms with E-state index >= 15 is 0 Å². The minimum absolute atomic E-state index is 0.362. The lowest BCUT2D eigenvalue weighted by atomic mass is 10.2. The second-order valence-corrected chi connectivity index (χ2v) is 7.67. The highest BCUT2D eigenvalue weighted by Crippen LogP contribution is 2.32. The second-order valence-electron chi connectivity index (χ2n) is 7.67. The fourth-order valence-electron chi connectivity index (χ4n) is 3.46. The number of fused-ring (bicyclic) bond motifs is 1. The Morgan fingerprint density at radius 3 is 2.20 bits per heavy atom. The van der Waals surface area contributed by atoms with E-state index in [1.165, 1.54) is 0 Å². The number of anilines is 6. The first-order chi connectivity index (χ1) is 17.1. The van der Waals surface area contributed by atoms with Crippen LogP contribution in [0, 0.1) is 6.92 Å². The summed E-state index contributed by atoms with van der Waals surface area (Å²) >= 11 is 0. The maximum atomic E-state index is 12.4. The van der Waals surface area contributed by atoms with E-state index in [1.807, 2.05) is 37.3 Å². The molecule has 2 aromatic heterocycles. The lowest BCUT2D eigenvalue weighted by molar-refractivity contribution is 0.171. The minimum atomic E-state index is -0.362. The Labute approximate surface area is 201 Å². The van der Waals surface area contributed by atoms with Gasteiger partial charge in [0, 0.05) is 35.4 Å². The molecule has 0 aliphatic carbocycles. The smallest absolute Gasteiger partial charge is 0.323 e. The van der Waals surface area contributed by atoms with E-state index in [-0.39, 0.29) is 6.03 Å². The van der Waals surface area contributed by atoms with Gasteiger partial charge in [-0.25, -0.2) is 19.7 Å². The molecular formula is C25H23N7O3. The van der Waals surface area contributed by atoms with Crippen LogP contribution in [0.4, 0.5) is 39.3 Å². The van der Waals surface area contributed by atoms with E-state index in [0.717, 1.165) is 5.69 Å². The number of ether oxygens (including phenoxy) is 2. The van der Waals surface area contributed by atoms with Crippen molar-refractivity contribution in [2.24, 2.45) is 0 Å². The molecule has 10 nitrogen and oxygen atoms in total. The van der Waals surface area contributed by atoms with Crippen molar-refractivity contribution >= 4 is 40.5 Å². The average molecular weight is 470 g/mol. The maximum absolute atomic E-state index is 12.4. The molecule has 0 radical (unpaired) electrons. The molecule has 35 heavy (non-hydrogen) atoms. The second kappa shape index (κ2) is 9.96. The van der Waals surface area contributed by atoms with Gasteiger partial charge in [-0.3, -0.25) is 0 Å². The van der Waals surface area contributed by atoms with Gasteiger partial charge in [-0.15, -0.1) is 0 Å². The minimum Gasteiger partial charge on any atom is -0.486 e. The van der Waals surface area contributed by atoms with Crippen molar-refractivity contribution in [3.8, 4) is 11.5 Å². The summed E-state index contributed by atoms with van der Waals surface area (Å²) < 4.78 is 11.0. The monoisotopic (exact) mass is 469 g/mol. The number of urea groups is 1. The van der Waals surface area contributed by atoms with Gasteiger partial charge in [0.2, 0.25) is 0 Å². The molecule has 4 N–H and O–H groups in total. The van der Waals surface area contributed by atoms with E-state index in [9.17, 15) is 4.79 Å². The van der Waals surface area contributed by atoms with E-state index in [4.69, 9.17) is 9.47 Å². The standard InChI is InChI=1S/C25H23N7O3/c1-16-27-23(15-24(28-16)32-22-4-2-3-11-26-22)29-17-5-7-18(8-6-17)30-25(33)31-19-9-10-20-21(14-19)35-13-12-34-20/h2-11,14-15H,12-13H2,1H3,(H2,30,31,33)(H2,26,27,28,29,32). The molecular weight excluding hydrogens is 446 g/mol. The zero-order chi connectivity index (χ0) is 24.0. The number of amides is 2. The molecule has 1 aliphatic rings. The zero-order valence-corrected chi connectivity index (χ0v) is 18.9. The molecule has 0 saturated heterocycles. The Morgan fingerprint density at radius 2 is 1.43 bits per heavy atom. The van der Waals surface area contributed by atoms with Crippen LogP contribution >= 0.6 is 0 Å². The van der Waals surface area contributed by atoms with Gasteiger partial charge >= 0.3 is 6.03 Å². The normalized spacial score (nSPS) is 11.9. The molecule has 1 aliphatic heterocycles. The predicted molar refractivity (Wildman–Crippen MR) is 134 cm³/mol. The van der Waals surface area contributed by atoms with Crippen LogP contribution in [-0.2, 0) is 0 Å². The molecule has 0 spiro atoms. The van der Waals surface area contributed by atoms with Crippen LogP contribution in [-0.4, -0.2) is 34.2 Å². The molecule has 0 saturated carbocycles. The van der Waals surface area contributed by atoms with Crippen LogP contribution in [0.1, 0.15) is 5.82 Å². The van der Waals surface area contributed by atoms with Crippen LogP contribution in [0.2, 0.25) is 0 Å². The molecule has 3 heterocycles. The topological polar surface area (TPSA) is 122 Å². The number of nitrogens with one attached hydrogen (secondary N) is 4. The number of pyridine rings is 1. The Morgan fingerprint density at radius 1 is 0.743 bits per heavy atom. The summed E-state index contributed by atoms with van der Waals surface area (Å²) in [5.41, 5.74) is 2.06. The summed E-state index contributed by atoms with van der Waals surface area (Å²) in [6, 6.07) is 19.6. The Balaban J connectivity index is 1.19. The number of carbonyl (C=O) groups excluding carboxylic acids is 1. The molecule has 5 rings (SSSR count). The lowest BCUT2D eigenvalue weighted by Gasteiger charge is -2.19. The first kappa shape index (κ1) is 22.0. The lowest BCUT2D eigenvalue weighted by Crippen LogP contribution is -2.20. The van der Waals surface area contributed by atoms with Crippen LogP contribution in [0.25, 0.3) is 0 Å². The molecule has 4 aromatic rings. The first-order valence-corrected chi connectivity index (χ1v) is 11.0. The molecule has 2 amide bonds. The van der Waals surface area contributed by atoms with E-state index < -0.39 is 0 Å². The fraction of sp³-hybridized carbons (Fsp3) is 0.120. The van der Waals surface area contributed by atoms with Crippen molar-refractivity contribution in [1.29, 1.82) is 0 Å². The highest BCUT2D eigenvalue weighted by Gasteiger charge is 2.13. The first-order valence-electron chi connectivity index (χ1n) is 11.0. The Bertz CT molecular complexity index is 1330. The molecule has 176 valence electrons. The summed E-state index contributed by atoms with van der Waals surface area (Å²) in [5.74, 6) is 3.86. The van der Waals surface area contributed by atoms with Crippen LogP contribution in [0.5, 0.6) is 11.5 Å². The highest BCUT2D eigenvalue weighted by molar-refractivity contribution is 6.00. The van der Waals surface area contributed by atoms with Gasteiger partial charge in [-0.05, 0) is 55.5 Å². The number of aromatic nitrogens is 3. The van der Waals surface area contributed by atoms with Crippen molar-refractivity contribution in [2.45, 2.75) is 6.92 Å². The summed E-state index contributed by atoms with van der Waals surface area (Å²) in [5, 5.41) is 12.0.